The highest BCUT2D eigenvalue weighted by Crippen LogP contribution is 2.18. The molecule has 0 atom stereocenters. The highest BCUT2D eigenvalue weighted by atomic mass is 16.5. The number of benzene rings is 1. The maximum atomic E-state index is 5.66. The van der Waals surface area contributed by atoms with Gasteiger partial charge in [0.2, 0.25) is 0 Å². The Morgan fingerprint density at radius 3 is 2.57 bits per heavy atom. The predicted molar refractivity (Wildman–Crippen MR) is 59.3 cm³/mol. The molecule has 0 aliphatic carbocycles. The van der Waals surface area contributed by atoms with E-state index in [1.54, 1.807) is 0 Å². The normalized spacial score (nSPS) is 11.4. The molecule has 1 aromatic carbocycles. The molecule has 0 aromatic heterocycles. The lowest BCUT2D eigenvalue weighted by molar-refractivity contribution is 0.198. The fraction of sp³-hybridized carbons (Fsp3) is 0.500. The van der Waals surface area contributed by atoms with Crippen LogP contribution in [0.25, 0.3) is 0 Å². The van der Waals surface area contributed by atoms with Gasteiger partial charge in [-0.2, -0.15) is 0 Å². The van der Waals surface area contributed by atoms with Crippen LogP contribution in [0.5, 0.6) is 5.75 Å². The average molecular weight is 193 g/mol. The van der Waals surface area contributed by atoms with Gasteiger partial charge < -0.3 is 10.5 Å². The molecule has 0 bridgehead atoms. The summed E-state index contributed by atoms with van der Waals surface area (Å²) in [6.07, 6.45) is 0. The number of nitrogens with two attached hydrogens (primary N) is 1. The molecule has 0 fully saturated rings. The maximum Gasteiger partial charge on any atom is 0.119 e. The smallest absolute Gasteiger partial charge is 0.119 e. The standard InChI is InChI=1S/C12H19NO/c1-12(2,3)9-14-11-6-4-5-10(7-11)8-13/h4-7H,8-9,13H2,1-3H3. The van der Waals surface area contributed by atoms with Crippen LogP contribution in [0.1, 0.15) is 26.3 Å². The summed E-state index contributed by atoms with van der Waals surface area (Å²) in [7, 11) is 0. The SMILES string of the molecule is CC(C)(C)COc1cccc(CN)c1. The molecule has 1 rings (SSSR count). The minimum atomic E-state index is 0.193. The molecule has 0 spiro atoms. The summed E-state index contributed by atoms with van der Waals surface area (Å²) < 4.78 is 5.66. The lowest BCUT2D eigenvalue weighted by Gasteiger charge is -2.19. The summed E-state index contributed by atoms with van der Waals surface area (Å²) in [6, 6.07) is 7.93. The largest absolute Gasteiger partial charge is 0.493 e. The Morgan fingerprint density at radius 1 is 1.29 bits per heavy atom. The van der Waals surface area contributed by atoms with E-state index >= 15 is 0 Å². The van der Waals surface area contributed by atoms with E-state index in [0.29, 0.717) is 6.54 Å². The van der Waals surface area contributed by atoms with Crippen molar-refractivity contribution >= 4 is 0 Å². The minimum absolute atomic E-state index is 0.193. The molecular formula is C12H19NO. The monoisotopic (exact) mass is 193 g/mol. The molecule has 78 valence electrons. The third-order valence-corrected chi connectivity index (χ3v) is 1.81. The van der Waals surface area contributed by atoms with Crippen LogP contribution in [0.3, 0.4) is 0 Å². The Kier molecular flexibility index (Phi) is 3.53. The van der Waals surface area contributed by atoms with Crippen molar-refractivity contribution in [1.29, 1.82) is 0 Å². The molecule has 0 radical (unpaired) electrons. The molecule has 0 aliphatic rings. The highest BCUT2D eigenvalue weighted by molar-refractivity contribution is 5.28. The number of rotatable bonds is 3. The third-order valence-electron chi connectivity index (χ3n) is 1.81. The number of ether oxygens (including phenoxy) is 1. The number of hydrogen-bond donors (Lipinski definition) is 1. The summed E-state index contributed by atoms with van der Waals surface area (Å²) in [4.78, 5) is 0. The van der Waals surface area contributed by atoms with Crippen molar-refractivity contribution in [2.45, 2.75) is 27.3 Å². The van der Waals surface area contributed by atoms with Crippen molar-refractivity contribution in [1.82, 2.24) is 0 Å². The molecule has 0 saturated heterocycles. The van der Waals surface area contributed by atoms with Crippen LogP contribution < -0.4 is 10.5 Å². The molecule has 2 N–H and O–H groups in total. The van der Waals surface area contributed by atoms with Gasteiger partial charge >= 0.3 is 0 Å². The Balaban J connectivity index is 2.59. The first kappa shape index (κ1) is 11.1. The van der Waals surface area contributed by atoms with Crippen LogP contribution in [0.2, 0.25) is 0 Å². The minimum Gasteiger partial charge on any atom is -0.493 e. The van der Waals surface area contributed by atoms with Crippen LogP contribution in [0.4, 0.5) is 0 Å². The highest BCUT2D eigenvalue weighted by Gasteiger charge is 2.10. The molecule has 14 heavy (non-hydrogen) atoms. The Hall–Kier alpha value is -1.02. The molecule has 0 heterocycles. The lowest BCUT2D eigenvalue weighted by Crippen LogP contribution is -2.16. The lowest BCUT2D eigenvalue weighted by atomic mass is 9.99. The number of hydrogen-bond acceptors (Lipinski definition) is 2. The summed E-state index contributed by atoms with van der Waals surface area (Å²) in [5.74, 6) is 0.905. The van der Waals surface area contributed by atoms with E-state index in [0.717, 1.165) is 17.9 Å². The van der Waals surface area contributed by atoms with Crippen LogP contribution in [-0.4, -0.2) is 6.61 Å². The zero-order valence-corrected chi connectivity index (χ0v) is 9.21. The molecule has 0 aliphatic heterocycles. The zero-order chi connectivity index (χ0) is 10.6. The van der Waals surface area contributed by atoms with E-state index in [1.165, 1.54) is 0 Å². The predicted octanol–water partition coefficient (Wildman–Crippen LogP) is 2.57. The van der Waals surface area contributed by atoms with Gasteiger partial charge in [-0.3, -0.25) is 0 Å². The van der Waals surface area contributed by atoms with Gasteiger partial charge in [0.15, 0.2) is 0 Å². The van der Waals surface area contributed by atoms with Crippen LogP contribution in [0, 0.1) is 5.41 Å². The van der Waals surface area contributed by atoms with Crippen LogP contribution >= 0.6 is 0 Å². The van der Waals surface area contributed by atoms with Crippen LogP contribution in [-0.2, 0) is 6.54 Å². The van der Waals surface area contributed by atoms with Gasteiger partial charge in [-0.25, -0.2) is 0 Å². The topological polar surface area (TPSA) is 35.2 Å². The van der Waals surface area contributed by atoms with Gasteiger partial charge in [0.1, 0.15) is 5.75 Å². The van der Waals surface area contributed by atoms with E-state index in [1.807, 2.05) is 24.3 Å². The van der Waals surface area contributed by atoms with E-state index in [4.69, 9.17) is 10.5 Å². The molecule has 2 heteroatoms. The summed E-state index contributed by atoms with van der Waals surface area (Å²) >= 11 is 0. The fourth-order valence-electron chi connectivity index (χ4n) is 1.06. The van der Waals surface area contributed by atoms with Gasteiger partial charge in [-0.15, -0.1) is 0 Å². The molecule has 0 amide bonds. The van der Waals surface area contributed by atoms with Crippen molar-refractivity contribution < 1.29 is 4.74 Å². The fourth-order valence-corrected chi connectivity index (χ4v) is 1.06. The first-order valence-electron chi connectivity index (χ1n) is 4.93. The van der Waals surface area contributed by atoms with E-state index < -0.39 is 0 Å². The Morgan fingerprint density at radius 2 is 2.00 bits per heavy atom. The van der Waals surface area contributed by atoms with E-state index in [2.05, 4.69) is 20.8 Å². The van der Waals surface area contributed by atoms with Crippen LogP contribution in [0.15, 0.2) is 24.3 Å². The van der Waals surface area contributed by atoms with E-state index in [-0.39, 0.29) is 5.41 Å². The quantitative estimate of drug-likeness (QED) is 0.800. The van der Waals surface area contributed by atoms with Gasteiger partial charge in [0.05, 0.1) is 6.61 Å². The second-order valence-electron chi connectivity index (χ2n) is 4.70. The van der Waals surface area contributed by atoms with Crippen molar-refractivity contribution in [2.24, 2.45) is 11.1 Å². The molecule has 2 nitrogen and oxygen atoms in total. The average Bonchev–Trinajstić information content (AvgIpc) is 2.14. The molecular weight excluding hydrogens is 174 g/mol. The van der Waals surface area contributed by atoms with Crippen molar-refractivity contribution in [2.75, 3.05) is 6.61 Å². The summed E-state index contributed by atoms with van der Waals surface area (Å²) in [6.45, 7) is 7.74. The van der Waals surface area contributed by atoms with Crippen molar-refractivity contribution in [3.8, 4) is 5.75 Å². The maximum absolute atomic E-state index is 5.66. The Labute approximate surface area is 86.1 Å². The van der Waals surface area contributed by atoms with E-state index in [9.17, 15) is 0 Å². The first-order valence-corrected chi connectivity index (χ1v) is 4.93. The van der Waals surface area contributed by atoms with Crippen molar-refractivity contribution in [3.05, 3.63) is 29.8 Å². The third kappa shape index (κ3) is 3.79. The summed E-state index contributed by atoms with van der Waals surface area (Å²) in [5.41, 5.74) is 6.85. The zero-order valence-electron chi connectivity index (χ0n) is 9.21. The molecule has 1 aromatic rings. The second-order valence-corrected chi connectivity index (χ2v) is 4.70. The van der Waals surface area contributed by atoms with Crippen molar-refractivity contribution in [3.63, 3.8) is 0 Å². The Bertz CT molecular complexity index is 289. The van der Waals surface area contributed by atoms with Gasteiger partial charge in [-0.1, -0.05) is 32.9 Å². The first-order chi connectivity index (χ1) is 6.51. The summed E-state index contributed by atoms with van der Waals surface area (Å²) in [5, 5.41) is 0. The van der Waals surface area contributed by atoms with Gasteiger partial charge in [-0.05, 0) is 23.1 Å². The molecule has 0 saturated carbocycles. The molecule has 0 unspecified atom stereocenters. The van der Waals surface area contributed by atoms with Gasteiger partial charge in [0.25, 0.3) is 0 Å². The second kappa shape index (κ2) is 4.47. The van der Waals surface area contributed by atoms with Gasteiger partial charge in [0, 0.05) is 6.54 Å².